The molecular weight excluding hydrogens is 376 g/mol. The lowest BCUT2D eigenvalue weighted by molar-refractivity contribution is -0.122. The summed E-state index contributed by atoms with van der Waals surface area (Å²) in [5, 5.41) is 10.7. The zero-order valence-corrected chi connectivity index (χ0v) is 17.0. The molecule has 2 aromatic carbocycles. The molecule has 6 nitrogen and oxygen atoms in total. The van der Waals surface area contributed by atoms with Crippen molar-refractivity contribution < 1.29 is 19.4 Å². The number of carbonyl (C=O) groups excluding carboxylic acids is 1. The number of aliphatic imine (C=N–C) groups is 1. The molecule has 1 heterocycles. The van der Waals surface area contributed by atoms with Crippen LogP contribution in [0.3, 0.4) is 0 Å². The van der Waals surface area contributed by atoms with Gasteiger partial charge in [-0.15, -0.1) is 0 Å². The van der Waals surface area contributed by atoms with Crippen LogP contribution in [0.5, 0.6) is 17.2 Å². The van der Waals surface area contributed by atoms with Crippen molar-refractivity contribution in [3.05, 3.63) is 52.4 Å². The Kier molecular flexibility index (Phi) is 5.94. The van der Waals surface area contributed by atoms with Crippen molar-refractivity contribution in [1.82, 2.24) is 4.90 Å². The van der Waals surface area contributed by atoms with Crippen LogP contribution in [0.1, 0.15) is 18.1 Å². The number of phenolic OH excluding ortho intramolecular Hbond substituents is 1. The second-order valence-corrected chi connectivity index (χ2v) is 7.16. The predicted molar refractivity (Wildman–Crippen MR) is 112 cm³/mol. The average molecular weight is 398 g/mol. The molecule has 1 aliphatic heterocycles. The van der Waals surface area contributed by atoms with Crippen molar-refractivity contribution in [1.29, 1.82) is 0 Å². The summed E-state index contributed by atoms with van der Waals surface area (Å²) in [6.45, 7) is 4.26. The molecule has 0 spiro atoms. The predicted octanol–water partition coefficient (Wildman–Crippen LogP) is 4.34. The van der Waals surface area contributed by atoms with Crippen molar-refractivity contribution in [2.75, 3.05) is 20.8 Å². The van der Waals surface area contributed by atoms with Gasteiger partial charge in [-0.2, -0.15) is 0 Å². The van der Waals surface area contributed by atoms with Gasteiger partial charge in [0.05, 0.1) is 19.1 Å². The van der Waals surface area contributed by atoms with E-state index in [0.29, 0.717) is 33.8 Å². The minimum absolute atomic E-state index is 0.0866. The van der Waals surface area contributed by atoms with Gasteiger partial charge >= 0.3 is 0 Å². The van der Waals surface area contributed by atoms with Crippen LogP contribution in [-0.4, -0.2) is 41.8 Å². The molecule has 0 unspecified atom stereocenters. The molecule has 28 heavy (non-hydrogen) atoms. The van der Waals surface area contributed by atoms with E-state index in [1.165, 1.54) is 11.8 Å². The van der Waals surface area contributed by atoms with Crippen LogP contribution in [0.2, 0.25) is 0 Å². The molecule has 1 fully saturated rings. The topological polar surface area (TPSA) is 71.4 Å². The lowest BCUT2D eigenvalue weighted by Gasteiger charge is -2.12. The Hall–Kier alpha value is -2.93. The molecule has 0 aliphatic carbocycles. The van der Waals surface area contributed by atoms with E-state index in [1.54, 1.807) is 49.5 Å². The van der Waals surface area contributed by atoms with E-state index in [1.807, 2.05) is 26.0 Å². The standard InChI is InChI=1S/C21H22N2O4S/c1-5-23-20(25)19(12-14-11-15(26-3)7-9-18(14)27-4)28-21(23)22-16-8-6-13(2)10-17(16)24/h6-12,24H,5H2,1-4H3/b19-12-,22-21?. The van der Waals surface area contributed by atoms with Gasteiger partial charge in [0.15, 0.2) is 5.17 Å². The van der Waals surface area contributed by atoms with Crippen molar-refractivity contribution in [2.45, 2.75) is 13.8 Å². The van der Waals surface area contributed by atoms with Crippen LogP contribution in [0.4, 0.5) is 5.69 Å². The van der Waals surface area contributed by atoms with Gasteiger partial charge in [-0.3, -0.25) is 9.69 Å². The molecule has 0 atom stereocenters. The van der Waals surface area contributed by atoms with E-state index < -0.39 is 0 Å². The normalized spacial score (nSPS) is 16.9. The van der Waals surface area contributed by atoms with Gasteiger partial charge in [0.2, 0.25) is 0 Å². The zero-order valence-electron chi connectivity index (χ0n) is 16.2. The number of rotatable bonds is 5. The largest absolute Gasteiger partial charge is 0.506 e. The smallest absolute Gasteiger partial charge is 0.266 e. The summed E-state index contributed by atoms with van der Waals surface area (Å²) in [6.07, 6.45) is 1.77. The molecule has 0 bridgehead atoms. The summed E-state index contributed by atoms with van der Waals surface area (Å²) >= 11 is 1.27. The second-order valence-electron chi connectivity index (χ2n) is 6.15. The highest BCUT2D eigenvalue weighted by molar-refractivity contribution is 8.18. The highest BCUT2D eigenvalue weighted by Gasteiger charge is 2.32. The number of nitrogens with zero attached hydrogens (tertiary/aromatic N) is 2. The highest BCUT2D eigenvalue weighted by Crippen LogP contribution is 2.37. The fraction of sp³-hybridized carbons (Fsp3) is 0.238. The van der Waals surface area contributed by atoms with Crippen molar-refractivity contribution in [2.24, 2.45) is 4.99 Å². The van der Waals surface area contributed by atoms with E-state index in [-0.39, 0.29) is 11.7 Å². The summed E-state index contributed by atoms with van der Waals surface area (Å²) in [5.74, 6) is 1.27. The number of carbonyl (C=O) groups is 1. The fourth-order valence-electron chi connectivity index (χ4n) is 2.79. The number of aromatic hydroxyl groups is 1. The third kappa shape index (κ3) is 3.99. The van der Waals surface area contributed by atoms with Gasteiger partial charge in [-0.25, -0.2) is 4.99 Å². The number of benzene rings is 2. The SMILES string of the molecule is CCN1C(=O)/C(=C/c2cc(OC)ccc2OC)SC1=Nc1ccc(C)cc1O. The van der Waals surface area contributed by atoms with Crippen LogP contribution in [0, 0.1) is 6.92 Å². The maximum atomic E-state index is 12.9. The summed E-state index contributed by atoms with van der Waals surface area (Å²) in [4.78, 5) is 19.5. The number of hydrogen-bond donors (Lipinski definition) is 1. The highest BCUT2D eigenvalue weighted by atomic mass is 32.2. The number of amidine groups is 1. The first kappa shape index (κ1) is 19.8. The first-order valence-electron chi connectivity index (χ1n) is 8.78. The molecule has 1 N–H and O–H groups in total. The molecule has 0 radical (unpaired) electrons. The van der Waals surface area contributed by atoms with Gasteiger partial charge in [-0.05, 0) is 67.6 Å². The lowest BCUT2D eigenvalue weighted by atomic mass is 10.1. The van der Waals surface area contributed by atoms with Crippen LogP contribution in [0.25, 0.3) is 6.08 Å². The minimum atomic E-state index is -0.136. The van der Waals surface area contributed by atoms with E-state index >= 15 is 0 Å². The third-order valence-electron chi connectivity index (χ3n) is 4.27. The summed E-state index contributed by atoms with van der Waals surface area (Å²) in [6, 6.07) is 10.7. The summed E-state index contributed by atoms with van der Waals surface area (Å²) in [5.41, 5.74) is 2.11. The number of ether oxygens (including phenoxy) is 2. The average Bonchev–Trinajstić information content (AvgIpc) is 2.98. The Balaban J connectivity index is 2.00. The maximum Gasteiger partial charge on any atom is 0.266 e. The van der Waals surface area contributed by atoms with Gasteiger partial charge in [0.25, 0.3) is 5.91 Å². The summed E-state index contributed by atoms with van der Waals surface area (Å²) < 4.78 is 10.7. The Morgan fingerprint density at radius 3 is 2.61 bits per heavy atom. The van der Waals surface area contributed by atoms with E-state index in [4.69, 9.17) is 9.47 Å². The third-order valence-corrected chi connectivity index (χ3v) is 5.28. The van der Waals surface area contributed by atoms with Crippen LogP contribution < -0.4 is 9.47 Å². The van der Waals surface area contributed by atoms with Gasteiger partial charge in [0, 0.05) is 12.1 Å². The number of aryl methyl sites for hydroxylation is 1. The monoisotopic (exact) mass is 398 g/mol. The summed E-state index contributed by atoms with van der Waals surface area (Å²) in [7, 11) is 3.17. The Morgan fingerprint density at radius 2 is 1.96 bits per heavy atom. The van der Waals surface area contributed by atoms with Gasteiger partial charge in [-0.1, -0.05) is 6.07 Å². The molecule has 3 rings (SSSR count). The lowest BCUT2D eigenvalue weighted by Crippen LogP contribution is -2.28. The fourth-order valence-corrected chi connectivity index (χ4v) is 3.84. The first-order chi connectivity index (χ1) is 13.5. The molecule has 0 saturated carbocycles. The molecular formula is C21H22N2O4S. The van der Waals surface area contributed by atoms with Crippen molar-refractivity contribution in [3.8, 4) is 17.2 Å². The maximum absolute atomic E-state index is 12.9. The number of methoxy groups -OCH3 is 2. The van der Waals surface area contributed by atoms with Crippen molar-refractivity contribution in [3.63, 3.8) is 0 Å². The zero-order chi connectivity index (χ0) is 20.3. The van der Waals surface area contributed by atoms with Crippen molar-refractivity contribution >= 4 is 34.6 Å². The molecule has 7 heteroatoms. The molecule has 1 aliphatic rings. The van der Waals surface area contributed by atoms with E-state index in [0.717, 1.165) is 11.1 Å². The minimum Gasteiger partial charge on any atom is -0.506 e. The molecule has 0 aromatic heterocycles. The molecule has 1 saturated heterocycles. The van der Waals surface area contributed by atoms with Gasteiger partial charge in [0.1, 0.15) is 22.9 Å². The number of amides is 1. The van der Waals surface area contributed by atoms with E-state index in [2.05, 4.69) is 4.99 Å². The van der Waals surface area contributed by atoms with Crippen LogP contribution >= 0.6 is 11.8 Å². The quantitative estimate of drug-likeness (QED) is 0.759. The van der Waals surface area contributed by atoms with E-state index in [9.17, 15) is 9.90 Å². The Morgan fingerprint density at radius 1 is 1.18 bits per heavy atom. The number of hydrogen-bond acceptors (Lipinski definition) is 6. The molecule has 146 valence electrons. The number of thioether (sulfide) groups is 1. The number of phenols is 1. The Bertz CT molecular complexity index is 969. The number of likely N-dealkylation sites (N-methyl/N-ethyl adjacent to an activating group) is 1. The Labute approximate surface area is 168 Å². The molecule has 2 aromatic rings. The second kappa shape index (κ2) is 8.39. The van der Waals surface area contributed by atoms with Crippen LogP contribution in [0.15, 0.2) is 46.3 Å². The van der Waals surface area contributed by atoms with Gasteiger partial charge < -0.3 is 14.6 Å². The first-order valence-corrected chi connectivity index (χ1v) is 9.60. The molecule has 1 amide bonds. The van der Waals surface area contributed by atoms with Crippen LogP contribution in [-0.2, 0) is 4.79 Å².